The van der Waals surface area contributed by atoms with Crippen LogP contribution in [0.25, 0.3) is 16.9 Å². The molecule has 0 bridgehead atoms. The number of aromatic nitrogens is 3. The summed E-state index contributed by atoms with van der Waals surface area (Å²) in [6.45, 7) is 0. The van der Waals surface area contributed by atoms with E-state index in [0.29, 0.717) is 17.0 Å². The highest BCUT2D eigenvalue weighted by atomic mass is 16.5. The topological polar surface area (TPSA) is 57.0 Å². The highest BCUT2D eigenvalue weighted by molar-refractivity contribution is 5.85. The van der Waals surface area contributed by atoms with Gasteiger partial charge < -0.3 is 4.74 Å². The number of benzene rings is 1. The summed E-state index contributed by atoms with van der Waals surface area (Å²) in [7, 11) is 1.60. The van der Waals surface area contributed by atoms with E-state index in [1.807, 2.05) is 36.4 Å². The largest absolute Gasteiger partial charge is 0.494 e. The van der Waals surface area contributed by atoms with Crippen molar-refractivity contribution in [1.82, 2.24) is 14.8 Å². The van der Waals surface area contributed by atoms with Crippen molar-refractivity contribution in [3.05, 3.63) is 60.6 Å². The van der Waals surface area contributed by atoms with E-state index in [2.05, 4.69) is 10.1 Å². The van der Waals surface area contributed by atoms with E-state index < -0.39 is 0 Å². The standard InChI is InChI=1S/C16H13N3O2/c1-21-15-7-3-2-6-14(15)19-10-13(11-20)16(18-19)12-5-4-8-17-9-12/h2-11H,1H3. The summed E-state index contributed by atoms with van der Waals surface area (Å²) in [6.07, 6.45) is 5.84. The van der Waals surface area contributed by atoms with Crippen LogP contribution in [0.15, 0.2) is 55.0 Å². The molecule has 0 unspecified atom stereocenters. The Balaban J connectivity index is 2.14. The molecule has 0 amide bonds. The second kappa shape index (κ2) is 5.58. The van der Waals surface area contributed by atoms with Gasteiger partial charge in [0.2, 0.25) is 0 Å². The third-order valence-electron chi connectivity index (χ3n) is 3.14. The Labute approximate surface area is 121 Å². The molecular formula is C16H13N3O2. The molecule has 1 aromatic carbocycles. The average molecular weight is 279 g/mol. The van der Waals surface area contributed by atoms with Crippen LogP contribution in [0.1, 0.15) is 10.4 Å². The molecule has 0 spiro atoms. The molecule has 5 heteroatoms. The fourth-order valence-electron chi connectivity index (χ4n) is 2.14. The molecule has 0 aliphatic heterocycles. The first kappa shape index (κ1) is 13.1. The summed E-state index contributed by atoms with van der Waals surface area (Å²) >= 11 is 0. The van der Waals surface area contributed by atoms with Gasteiger partial charge in [0.15, 0.2) is 6.29 Å². The minimum atomic E-state index is 0.508. The van der Waals surface area contributed by atoms with Gasteiger partial charge in [-0.2, -0.15) is 5.10 Å². The number of pyridine rings is 1. The molecule has 0 radical (unpaired) electrons. The van der Waals surface area contributed by atoms with Gasteiger partial charge in [0.1, 0.15) is 17.1 Å². The molecule has 0 saturated heterocycles. The highest BCUT2D eigenvalue weighted by Crippen LogP contribution is 2.26. The third-order valence-corrected chi connectivity index (χ3v) is 3.14. The molecule has 3 aromatic rings. The number of para-hydroxylation sites is 2. The van der Waals surface area contributed by atoms with E-state index in [-0.39, 0.29) is 0 Å². The highest BCUT2D eigenvalue weighted by Gasteiger charge is 2.13. The fraction of sp³-hybridized carbons (Fsp3) is 0.0625. The lowest BCUT2D eigenvalue weighted by molar-refractivity contribution is 0.112. The predicted molar refractivity (Wildman–Crippen MR) is 78.7 cm³/mol. The Bertz CT molecular complexity index is 766. The zero-order chi connectivity index (χ0) is 14.7. The number of nitrogens with zero attached hydrogens (tertiary/aromatic N) is 3. The molecule has 5 nitrogen and oxygen atoms in total. The van der Waals surface area contributed by atoms with Crippen molar-refractivity contribution in [2.24, 2.45) is 0 Å². The molecule has 0 aliphatic rings. The van der Waals surface area contributed by atoms with Gasteiger partial charge in [0.05, 0.1) is 12.7 Å². The molecule has 0 fully saturated rings. The predicted octanol–water partition coefficient (Wildman–Crippen LogP) is 2.76. The van der Waals surface area contributed by atoms with E-state index in [1.165, 1.54) is 0 Å². The van der Waals surface area contributed by atoms with Crippen molar-refractivity contribution < 1.29 is 9.53 Å². The lowest BCUT2D eigenvalue weighted by Crippen LogP contribution is -1.98. The number of carbonyl (C=O) groups is 1. The maximum absolute atomic E-state index is 11.3. The van der Waals surface area contributed by atoms with Crippen molar-refractivity contribution in [1.29, 1.82) is 0 Å². The van der Waals surface area contributed by atoms with Gasteiger partial charge in [0.25, 0.3) is 0 Å². The van der Waals surface area contributed by atoms with Crippen LogP contribution in [0.4, 0.5) is 0 Å². The van der Waals surface area contributed by atoms with Crippen molar-refractivity contribution in [2.45, 2.75) is 0 Å². The summed E-state index contributed by atoms with van der Waals surface area (Å²) in [4.78, 5) is 15.4. The number of hydrogen-bond acceptors (Lipinski definition) is 4. The Kier molecular flexibility index (Phi) is 3.47. The van der Waals surface area contributed by atoms with Gasteiger partial charge >= 0.3 is 0 Å². The zero-order valence-electron chi connectivity index (χ0n) is 11.4. The molecule has 0 N–H and O–H groups in total. The molecule has 0 atom stereocenters. The van der Waals surface area contributed by atoms with E-state index in [0.717, 1.165) is 17.5 Å². The van der Waals surface area contributed by atoms with Crippen LogP contribution in [-0.2, 0) is 0 Å². The van der Waals surface area contributed by atoms with Crippen molar-refractivity contribution in [3.63, 3.8) is 0 Å². The number of rotatable bonds is 4. The van der Waals surface area contributed by atoms with Crippen LogP contribution in [0, 0.1) is 0 Å². The molecule has 21 heavy (non-hydrogen) atoms. The summed E-state index contributed by atoms with van der Waals surface area (Å²) in [5, 5.41) is 4.50. The number of ether oxygens (including phenoxy) is 1. The molecular weight excluding hydrogens is 266 g/mol. The summed E-state index contributed by atoms with van der Waals surface area (Å²) < 4.78 is 6.97. The SMILES string of the molecule is COc1ccccc1-n1cc(C=O)c(-c2cccnc2)n1. The molecule has 0 saturated carbocycles. The van der Waals surface area contributed by atoms with Crippen LogP contribution in [0.3, 0.4) is 0 Å². The first-order chi connectivity index (χ1) is 10.3. The van der Waals surface area contributed by atoms with Gasteiger partial charge in [-0.15, -0.1) is 0 Å². The number of carbonyl (C=O) groups excluding carboxylic acids is 1. The van der Waals surface area contributed by atoms with Gasteiger partial charge in [-0.05, 0) is 24.3 Å². The van der Waals surface area contributed by atoms with Gasteiger partial charge in [0, 0.05) is 24.2 Å². The van der Waals surface area contributed by atoms with Crippen LogP contribution in [0.2, 0.25) is 0 Å². The monoisotopic (exact) mass is 279 g/mol. The van der Waals surface area contributed by atoms with E-state index in [1.54, 1.807) is 30.4 Å². The Morgan fingerprint density at radius 1 is 1.19 bits per heavy atom. The minimum Gasteiger partial charge on any atom is -0.494 e. The second-order valence-electron chi connectivity index (χ2n) is 4.41. The third kappa shape index (κ3) is 2.41. The normalized spacial score (nSPS) is 10.3. The van der Waals surface area contributed by atoms with E-state index in [9.17, 15) is 4.79 Å². The second-order valence-corrected chi connectivity index (χ2v) is 4.41. The number of hydrogen-bond donors (Lipinski definition) is 0. The Hall–Kier alpha value is -2.95. The maximum Gasteiger partial charge on any atom is 0.153 e. The van der Waals surface area contributed by atoms with E-state index >= 15 is 0 Å². The van der Waals surface area contributed by atoms with Crippen molar-refractivity contribution >= 4 is 6.29 Å². The lowest BCUT2D eigenvalue weighted by Gasteiger charge is -2.07. The summed E-state index contributed by atoms with van der Waals surface area (Å²) in [5.74, 6) is 0.690. The minimum absolute atomic E-state index is 0.508. The molecule has 0 aliphatic carbocycles. The van der Waals surface area contributed by atoms with E-state index in [4.69, 9.17) is 4.74 Å². The van der Waals surface area contributed by atoms with Gasteiger partial charge in [-0.25, -0.2) is 4.68 Å². The van der Waals surface area contributed by atoms with Crippen LogP contribution in [-0.4, -0.2) is 28.2 Å². The molecule has 3 rings (SSSR count). The zero-order valence-corrected chi connectivity index (χ0v) is 11.4. The first-order valence-electron chi connectivity index (χ1n) is 6.42. The van der Waals surface area contributed by atoms with Crippen LogP contribution < -0.4 is 4.74 Å². The quantitative estimate of drug-likeness (QED) is 0.689. The maximum atomic E-state index is 11.3. The molecule has 104 valence electrons. The first-order valence-corrected chi connectivity index (χ1v) is 6.42. The number of methoxy groups -OCH3 is 1. The van der Waals surface area contributed by atoms with Gasteiger partial charge in [-0.1, -0.05) is 12.1 Å². The van der Waals surface area contributed by atoms with Gasteiger partial charge in [-0.3, -0.25) is 9.78 Å². The summed E-state index contributed by atoms with van der Waals surface area (Å²) in [6, 6.07) is 11.2. The Morgan fingerprint density at radius 2 is 2.05 bits per heavy atom. The average Bonchev–Trinajstić information content (AvgIpc) is 2.99. The smallest absolute Gasteiger partial charge is 0.153 e. The molecule has 2 aromatic heterocycles. The summed E-state index contributed by atoms with van der Waals surface area (Å²) in [5.41, 5.74) is 2.68. The Morgan fingerprint density at radius 3 is 2.76 bits per heavy atom. The van der Waals surface area contributed by atoms with Crippen LogP contribution >= 0.6 is 0 Å². The van der Waals surface area contributed by atoms with Crippen molar-refractivity contribution in [3.8, 4) is 22.7 Å². The number of aldehydes is 1. The lowest BCUT2D eigenvalue weighted by atomic mass is 10.1. The van der Waals surface area contributed by atoms with Crippen LogP contribution in [0.5, 0.6) is 5.75 Å². The van der Waals surface area contributed by atoms with Crippen molar-refractivity contribution in [2.75, 3.05) is 7.11 Å². The molecule has 2 heterocycles. The fourth-order valence-corrected chi connectivity index (χ4v) is 2.14.